The molecule has 1 aliphatic heterocycles. The molecule has 0 saturated carbocycles. The third-order valence-electron chi connectivity index (χ3n) is 4.32. The standard InChI is InChI=1S/C21H13BrN2O4/c22-16-5-2-1-4-13(16)21(25)27-12-7-8-14-18(10-12)28-20(24)15(11-23)19(14)17-6-3-9-26-17/h1-10,19H,24H2. The molecule has 4 rings (SSSR count). The van der Waals surface area contributed by atoms with E-state index >= 15 is 0 Å². The first-order chi connectivity index (χ1) is 13.6. The van der Waals surface area contributed by atoms with Gasteiger partial charge in [-0.3, -0.25) is 0 Å². The third kappa shape index (κ3) is 3.15. The number of furan rings is 1. The molecule has 1 unspecified atom stereocenters. The van der Waals surface area contributed by atoms with Crippen molar-refractivity contribution in [3.05, 3.63) is 93.7 Å². The summed E-state index contributed by atoms with van der Waals surface area (Å²) in [6.45, 7) is 0. The van der Waals surface area contributed by atoms with Gasteiger partial charge in [0, 0.05) is 16.1 Å². The summed E-state index contributed by atoms with van der Waals surface area (Å²) in [5, 5.41) is 9.50. The van der Waals surface area contributed by atoms with Gasteiger partial charge in [0.15, 0.2) is 0 Å². The molecule has 2 aromatic carbocycles. The van der Waals surface area contributed by atoms with Gasteiger partial charge in [-0.1, -0.05) is 18.2 Å². The van der Waals surface area contributed by atoms with Crippen molar-refractivity contribution in [2.24, 2.45) is 5.73 Å². The molecule has 0 spiro atoms. The van der Waals surface area contributed by atoms with Gasteiger partial charge in [0.2, 0.25) is 5.88 Å². The smallest absolute Gasteiger partial charge is 0.344 e. The molecule has 0 bridgehead atoms. The van der Waals surface area contributed by atoms with Crippen LogP contribution >= 0.6 is 15.9 Å². The lowest BCUT2D eigenvalue weighted by Gasteiger charge is -2.25. The average molecular weight is 437 g/mol. The lowest BCUT2D eigenvalue weighted by molar-refractivity contribution is 0.0733. The van der Waals surface area contributed by atoms with Crippen molar-refractivity contribution in [2.75, 3.05) is 0 Å². The molecule has 138 valence electrons. The van der Waals surface area contributed by atoms with E-state index in [1.54, 1.807) is 48.5 Å². The number of nitrogens with zero attached hydrogens (tertiary/aromatic N) is 1. The first-order valence-electron chi connectivity index (χ1n) is 8.30. The lowest BCUT2D eigenvalue weighted by atomic mass is 9.87. The molecule has 7 heteroatoms. The van der Waals surface area contributed by atoms with Crippen LogP contribution in [0, 0.1) is 11.3 Å². The van der Waals surface area contributed by atoms with Crippen LogP contribution in [-0.2, 0) is 0 Å². The number of nitriles is 1. The fourth-order valence-corrected chi connectivity index (χ4v) is 3.48. The Morgan fingerprint density at radius 3 is 2.71 bits per heavy atom. The molecule has 2 heterocycles. The van der Waals surface area contributed by atoms with Crippen LogP contribution in [0.15, 0.2) is 81.2 Å². The van der Waals surface area contributed by atoms with Crippen LogP contribution in [0.1, 0.15) is 27.6 Å². The third-order valence-corrected chi connectivity index (χ3v) is 5.01. The van der Waals surface area contributed by atoms with Crippen molar-refractivity contribution in [1.82, 2.24) is 0 Å². The zero-order valence-electron chi connectivity index (χ0n) is 14.4. The molecule has 3 aromatic rings. The first-order valence-corrected chi connectivity index (χ1v) is 9.09. The zero-order valence-corrected chi connectivity index (χ0v) is 16.0. The highest BCUT2D eigenvalue weighted by Crippen LogP contribution is 2.43. The van der Waals surface area contributed by atoms with E-state index < -0.39 is 11.9 Å². The molecule has 1 aliphatic rings. The highest BCUT2D eigenvalue weighted by molar-refractivity contribution is 9.10. The maximum atomic E-state index is 12.4. The van der Waals surface area contributed by atoms with Gasteiger partial charge in [0.25, 0.3) is 0 Å². The van der Waals surface area contributed by atoms with Crippen LogP contribution in [0.2, 0.25) is 0 Å². The Kier molecular flexibility index (Phi) is 4.63. The van der Waals surface area contributed by atoms with Crippen molar-refractivity contribution >= 4 is 21.9 Å². The Morgan fingerprint density at radius 1 is 1.18 bits per heavy atom. The molecule has 0 radical (unpaired) electrons. The normalized spacial score (nSPS) is 15.4. The van der Waals surface area contributed by atoms with Gasteiger partial charge in [-0.2, -0.15) is 5.26 Å². The van der Waals surface area contributed by atoms with E-state index in [9.17, 15) is 10.1 Å². The summed E-state index contributed by atoms with van der Waals surface area (Å²) in [5.74, 6) is 0.262. The van der Waals surface area contributed by atoms with Gasteiger partial charge in [-0.25, -0.2) is 4.79 Å². The molecule has 2 N–H and O–H groups in total. The Balaban J connectivity index is 1.69. The molecule has 6 nitrogen and oxygen atoms in total. The fraction of sp³-hybridized carbons (Fsp3) is 0.0476. The maximum Gasteiger partial charge on any atom is 0.344 e. The molecule has 28 heavy (non-hydrogen) atoms. The molecule has 0 aliphatic carbocycles. The fourth-order valence-electron chi connectivity index (χ4n) is 3.04. The van der Waals surface area contributed by atoms with E-state index in [0.717, 1.165) is 0 Å². The first kappa shape index (κ1) is 17.9. The second-order valence-electron chi connectivity index (χ2n) is 6.01. The topological polar surface area (TPSA) is 98.5 Å². The summed E-state index contributed by atoms with van der Waals surface area (Å²) in [7, 11) is 0. The van der Waals surface area contributed by atoms with E-state index in [4.69, 9.17) is 19.6 Å². The molecular formula is C21H13BrN2O4. The number of benzene rings is 2. The monoisotopic (exact) mass is 436 g/mol. The highest BCUT2D eigenvalue weighted by atomic mass is 79.9. The van der Waals surface area contributed by atoms with E-state index in [2.05, 4.69) is 22.0 Å². The molecule has 0 amide bonds. The molecule has 1 aromatic heterocycles. The number of carbonyl (C=O) groups is 1. The number of hydrogen-bond donors (Lipinski definition) is 1. The lowest BCUT2D eigenvalue weighted by Crippen LogP contribution is -2.21. The number of allylic oxidation sites excluding steroid dienone is 1. The number of hydrogen-bond acceptors (Lipinski definition) is 6. The van der Waals surface area contributed by atoms with Crippen LogP contribution in [-0.4, -0.2) is 5.97 Å². The minimum atomic E-state index is -0.507. The van der Waals surface area contributed by atoms with Crippen molar-refractivity contribution < 1.29 is 18.7 Å². The minimum absolute atomic E-state index is 0.00863. The number of ether oxygens (including phenoxy) is 2. The Bertz CT molecular complexity index is 1130. The summed E-state index contributed by atoms with van der Waals surface area (Å²) in [5.41, 5.74) is 7.31. The van der Waals surface area contributed by atoms with Gasteiger partial charge in [-0.05, 0) is 46.3 Å². The number of rotatable bonds is 3. The van der Waals surface area contributed by atoms with Crippen LogP contribution in [0.25, 0.3) is 0 Å². The molecule has 1 atom stereocenters. The zero-order chi connectivity index (χ0) is 19.7. The summed E-state index contributed by atoms with van der Waals surface area (Å²) in [6.07, 6.45) is 1.53. The van der Waals surface area contributed by atoms with E-state index in [1.165, 1.54) is 6.26 Å². The van der Waals surface area contributed by atoms with E-state index in [-0.39, 0.29) is 11.5 Å². The van der Waals surface area contributed by atoms with Crippen molar-refractivity contribution in [3.8, 4) is 17.6 Å². The summed E-state index contributed by atoms with van der Waals surface area (Å²) < 4.78 is 17.2. The summed E-state index contributed by atoms with van der Waals surface area (Å²) in [6, 6.07) is 17.5. The van der Waals surface area contributed by atoms with Gasteiger partial charge in [0.05, 0.1) is 17.7 Å². The minimum Gasteiger partial charge on any atom is -0.468 e. The predicted octanol–water partition coefficient (Wildman–Crippen LogP) is 4.48. The van der Waals surface area contributed by atoms with Crippen molar-refractivity contribution in [2.45, 2.75) is 5.92 Å². The van der Waals surface area contributed by atoms with Gasteiger partial charge >= 0.3 is 5.97 Å². The van der Waals surface area contributed by atoms with Gasteiger partial charge in [-0.15, -0.1) is 0 Å². The van der Waals surface area contributed by atoms with Crippen LogP contribution in [0.3, 0.4) is 0 Å². The number of fused-ring (bicyclic) bond motifs is 1. The van der Waals surface area contributed by atoms with Crippen LogP contribution < -0.4 is 15.2 Å². The largest absolute Gasteiger partial charge is 0.468 e. The SMILES string of the molecule is N#CC1=C(N)Oc2cc(OC(=O)c3ccccc3Br)ccc2C1c1ccco1. The number of esters is 1. The molecule has 0 fully saturated rings. The van der Waals surface area contributed by atoms with Gasteiger partial charge in [0.1, 0.15) is 28.9 Å². The quantitative estimate of drug-likeness (QED) is 0.479. The Hall–Kier alpha value is -3.50. The number of nitrogens with two attached hydrogens (primary N) is 1. The second-order valence-corrected chi connectivity index (χ2v) is 6.86. The summed E-state index contributed by atoms with van der Waals surface area (Å²) in [4.78, 5) is 12.4. The Labute approximate surface area is 168 Å². The van der Waals surface area contributed by atoms with Crippen molar-refractivity contribution in [1.29, 1.82) is 5.26 Å². The maximum absolute atomic E-state index is 12.4. The second kappa shape index (κ2) is 7.25. The highest BCUT2D eigenvalue weighted by Gasteiger charge is 2.32. The van der Waals surface area contributed by atoms with Crippen molar-refractivity contribution in [3.63, 3.8) is 0 Å². The van der Waals surface area contributed by atoms with Crippen LogP contribution in [0.5, 0.6) is 11.5 Å². The van der Waals surface area contributed by atoms with Gasteiger partial charge < -0.3 is 19.6 Å². The number of carbonyl (C=O) groups excluding carboxylic acids is 1. The van der Waals surface area contributed by atoms with Crippen LogP contribution in [0.4, 0.5) is 0 Å². The molecule has 0 saturated heterocycles. The Morgan fingerprint density at radius 2 is 2.00 bits per heavy atom. The average Bonchev–Trinajstić information content (AvgIpc) is 3.21. The summed E-state index contributed by atoms with van der Waals surface area (Å²) >= 11 is 3.33. The predicted molar refractivity (Wildman–Crippen MR) is 104 cm³/mol. The van der Waals surface area contributed by atoms with E-state index in [0.29, 0.717) is 32.9 Å². The van der Waals surface area contributed by atoms with E-state index in [1.807, 2.05) is 6.07 Å². The number of halogens is 1. The molecular weight excluding hydrogens is 424 g/mol.